The van der Waals surface area contributed by atoms with E-state index < -0.39 is 15.9 Å². The van der Waals surface area contributed by atoms with E-state index in [1.165, 1.54) is 9.80 Å². The van der Waals surface area contributed by atoms with Crippen LogP contribution in [-0.2, 0) is 14.6 Å². The third-order valence-electron chi connectivity index (χ3n) is 3.17. The predicted octanol–water partition coefficient (Wildman–Crippen LogP) is -0.152. The normalized spacial score (nSPS) is 28.2. The molecule has 0 aromatic heterocycles. The van der Waals surface area contributed by atoms with E-state index in [9.17, 15) is 18.0 Å². The van der Waals surface area contributed by atoms with Crippen molar-refractivity contribution in [2.75, 3.05) is 24.6 Å². The summed E-state index contributed by atoms with van der Waals surface area (Å²) in [6.07, 6.45) is 0.846. The molecule has 2 aliphatic rings. The molecule has 2 saturated heterocycles. The van der Waals surface area contributed by atoms with E-state index in [1.54, 1.807) is 0 Å². The molecule has 3 amide bonds. The van der Waals surface area contributed by atoms with Gasteiger partial charge in [0.25, 0.3) is 0 Å². The number of amides is 3. The Kier molecular flexibility index (Phi) is 3.11. The van der Waals surface area contributed by atoms with E-state index >= 15 is 0 Å². The lowest BCUT2D eigenvalue weighted by molar-refractivity contribution is -0.132. The lowest BCUT2D eigenvalue weighted by Crippen LogP contribution is -2.62. The standard InChI is InChI=1S/C10H16N2O4S/c1-2-3-12-9(13)6-8-7-17(15,16)5-4-11(8)10(12)14/h8H,2-7H2,1H3. The van der Waals surface area contributed by atoms with Gasteiger partial charge < -0.3 is 4.90 Å². The van der Waals surface area contributed by atoms with Gasteiger partial charge >= 0.3 is 6.03 Å². The molecule has 1 atom stereocenters. The first-order valence-electron chi connectivity index (χ1n) is 5.76. The molecular formula is C10H16N2O4S. The summed E-state index contributed by atoms with van der Waals surface area (Å²) < 4.78 is 22.9. The predicted molar refractivity (Wildman–Crippen MR) is 61.2 cm³/mol. The minimum Gasteiger partial charge on any atom is -0.319 e. The number of imide groups is 1. The Morgan fingerprint density at radius 2 is 2.06 bits per heavy atom. The fourth-order valence-electron chi connectivity index (χ4n) is 2.32. The number of carbonyl (C=O) groups excluding carboxylic acids is 2. The van der Waals surface area contributed by atoms with Gasteiger partial charge in [-0.15, -0.1) is 0 Å². The van der Waals surface area contributed by atoms with Crippen LogP contribution in [0.2, 0.25) is 0 Å². The summed E-state index contributed by atoms with van der Waals surface area (Å²) in [4.78, 5) is 26.5. The fourth-order valence-corrected chi connectivity index (χ4v) is 3.85. The Balaban J connectivity index is 2.18. The Labute approximate surface area is 100 Å². The zero-order valence-corrected chi connectivity index (χ0v) is 10.6. The summed E-state index contributed by atoms with van der Waals surface area (Å²) in [6.45, 7) is 2.51. The van der Waals surface area contributed by atoms with Crippen LogP contribution < -0.4 is 0 Å². The lowest BCUT2D eigenvalue weighted by atomic mass is 10.1. The van der Waals surface area contributed by atoms with Crippen LogP contribution in [0.15, 0.2) is 0 Å². The van der Waals surface area contributed by atoms with Gasteiger partial charge in [-0.2, -0.15) is 0 Å². The summed E-state index contributed by atoms with van der Waals surface area (Å²) in [7, 11) is -3.09. The van der Waals surface area contributed by atoms with Gasteiger partial charge in [0.05, 0.1) is 17.5 Å². The molecule has 2 fully saturated rings. The van der Waals surface area contributed by atoms with Crippen molar-refractivity contribution in [2.45, 2.75) is 25.8 Å². The molecule has 0 aromatic rings. The lowest BCUT2D eigenvalue weighted by Gasteiger charge is -2.42. The molecule has 0 saturated carbocycles. The largest absolute Gasteiger partial charge is 0.327 e. The van der Waals surface area contributed by atoms with Crippen molar-refractivity contribution >= 4 is 21.8 Å². The molecule has 2 aliphatic heterocycles. The third kappa shape index (κ3) is 2.29. The topological polar surface area (TPSA) is 74.8 Å². The van der Waals surface area contributed by atoms with Gasteiger partial charge in [-0.05, 0) is 6.42 Å². The van der Waals surface area contributed by atoms with E-state index in [0.717, 1.165) is 0 Å². The smallest absolute Gasteiger partial charge is 0.319 e. The number of urea groups is 1. The molecule has 0 bridgehead atoms. The summed E-state index contributed by atoms with van der Waals surface area (Å²) in [5, 5.41) is 0. The Hall–Kier alpha value is -1.11. The van der Waals surface area contributed by atoms with Crippen LogP contribution in [0.4, 0.5) is 4.79 Å². The Morgan fingerprint density at radius 1 is 1.35 bits per heavy atom. The minimum absolute atomic E-state index is 0.00337. The quantitative estimate of drug-likeness (QED) is 0.692. The number of fused-ring (bicyclic) bond motifs is 1. The van der Waals surface area contributed by atoms with Crippen LogP contribution in [0.5, 0.6) is 0 Å². The molecule has 0 radical (unpaired) electrons. The highest BCUT2D eigenvalue weighted by Gasteiger charge is 2.42. The second-order valence-electron chi connectivity index (χ2n) is 4.49. The number of carbonyl (C=O) groups is 2. The molecule has 0 spiro atoms. The highest BCUT2D eigenvalue weighted by Crippen LogP contribution is 2.22. The van der Waals surface area contributed by atoms with Gasteiger partial charge in [-0.3, -0.25) is 9.69 Å². The van der Waals surface area contributed by atoms with Crippen molar-refractivity contribution < 1.29 is 18.0 Å². The maximum absolute atomic E-state index is 12.0. The van der Waals surface area contributed by atoms with Crippen LogP contribution in [0.3, 0.4) is 0 Å². The Morgan fingerprint density at radius 3 is 2.71 bits per heavy atom. The second kappa shape index (κ2) is 4.29. The minimum atomic E-state index is -3.09. The van der Waals surface area contributed by atoms with Gasteiger partial charge in [0.15, 0.2) is 9.84 Å². The van der Waals surface area contributed by atoms with Crippen molar-refractivity contribution in [3.63, 3.8) is 0 Å². The van der Waals surface area contributed by atoms with Gasteiger partial charge in [0, 0.05) is 19.5 Å². The fraction of sp³-hybridized carbons (Fsp3) is 0.800. The van der Waals surface area contributed by atoms with E-state index in [1.807, 2.05) is 6.92 Å². The van der Waals surface area contributed by atoms with E-state index in [2.05, 4.69) is 0 Å². The van der Waals surface area contributed by atoms with Crippen molar-refractivity contribution in [1.29, 1.82) is 0 Å². The van der Waals surface area contributed by atoms with Crippen molar-refractivity contribution in [3.05, 3.63) is 0 Å². The second-order valence-corrected chi connectivity index (χ2v) is 6.72. The highest BCUT2D eigenvalue weighted by atomic mass is 32.2. The van der Waals surface area contributed by atoms with Crippen LogP contribution in [-0.4, -0.2) is 60.8 Å². The first-order valence-corrected chi connectivity index (χ1v) is 7.58. The monoisotopic (exact) mass is 260 g/mol. The van der Waals surface area contributed by atoms with Crippen LogP contribution in [0.25, 0.3) is 0 Å². The SMILES string of the molecule is CCCN1C(=O)CC2CS(=O)(=O)CCN2C1=O. The number of hydrogen-bond donors (Lipinski definition) is 0. The molecule has 2 rings (SSSR count). The number of nitrogens with zero attached hydrogens (tertiary/aromatic N) is 2. The van der Waals surface area contributed by atoms with Crippen molar-refractivity contribution in [3.8, 4) is 0 Å². The maximum atomic E-state index is 12.0. The molecular weight excluding hydrogens is 244 g/mol. The first-order chi connectivity index (χ1) is 7.94. The Bertz CT molecular complexity index is 445. The average molecular weight is 260 g/mol. The number of rotatable bonds is 2. The van der Waals surface area contributed by atoms with E-state index in [0.29, 0.717) is 13.0 Å². The molecule has 6 nitrogen and oxygen atoms in total. The van der Waals surface area contributed by atoms with Crippen molar-refractivity contribution in [1.82, 2.24) is 9.80 Å². The van der Waals surface area contributed by atoms with E-state index in [-0.39, 0.29) is 36.4 Å². The summed E-state index contributed by atoms with van der Waals surface area (Å²) in [6, 6.07) is -0.787. The molecule has 0 aliphatic carbocycles. The zero-order chi connectivity index (χ0) is 12.6. The number of hydrogen-bond acceptors (Lipinski definition) is 4. The van der Waals surface area contributed by atoms with E-state index in [4.69, 9.17) is 0 Å². The van der Waals surface area contributed by atoms with Gasteiger partial charge in [-0.25, -0.2) is 13.2 Å². The first kappa shape index (κ1) is 12.3. The number of sulfone groups is 1. The molecule has 0 aromatic carbocycles. The highest BCUT2D eigenvalue weighted by molar-refractivity contribution is 7.91. The van der Waals surface area contributed by atoms with Crippen LogP contribution in [0.1, 0.15) is 19.8 Å². The third-order valence-corrected chi connectivity index (χ3v) is 4.86. The van der Waals surface area contributed by atoms with Gasteiger partial charge in [0.1, 0.15) is 0 Å². The summed E-state index contributed by atoms with van der Waals surface area (Å²) in [5.74, 6) is -0.330. The molecule has 17 heavy (non-hydrogen) atoms. The molecule has 7 heteroatoms. The maximum Gasteiger partial charge on any atom is 0.327 e. The molecule has 2 heterocycles. The molecule has 1 unspecified atom stereocenters. The van der Waals surface area contributed by atoms with Gasteiger partial charge in [-0.1, -0.05) is 6.92 Å². The summed E-state index contributed by atoms with van der Waals surface area (Å²) in [5.41, 5.74) is 0. The summed E-state index contributed by atoms with van der Waals surface area (Å²) >= 11 is 0. The van der Waals surface area contributed by atoms with Crippen LogP contribution in [0, 0.1) is 0 Å². The van der Waals surface area contributed by atoms with Crippen molar-refractivity contribution in [2.24, 2.45) is 0 Å². The zero-order valence-electron chi connectivity index (χ0n) is 9.76. The van der Waals surface area contributed by atoms with Crippen LogP contribution >= 0.6 is 0 Å². The average Bonchev–Trinajstić information content (AvgIpc) is 2.22. The molecule has 0 N–H and O–H groups in total. The molecule has 96 valence electrons. The van der Waals surface area contributed by atoms with Gasteiger partial charge in [0.2, 0.25) is 5.91 Å².